The lowest BCUT2D eigenvalue weighted by molar-refractivity contribution is 0.263. The summed E-state index contributed by atoms with van der Waals surface area (Å²) in [6, 6.07) is 0.334. The number of sulfonamides is 1. The zero-order valence-corrected chi connectivity index (χ0v) is 12.0. The van der Waals surface area contributed by atoms with E-state index in [9.17, 15) is 8.42 Å². The van der Waals surface area contributed by atoms with Crippen LogP contribution in [-0.4, -0.2) is 47.7 Å². The van der Waals surface area contributed by atoms with Crippen LogP contribution in [0.4, 0.5) is 0 Å². The van der Waals surface area contributed by atoms with Crippen molar-refractivity contribution in [2.45, 2.75) is 37.8 Å². The first-order chi connectivity index (χ1) is 8.32. The number of aromatic nitrogens is 2. The fourth-order valence-electron chi connectivity index (χ4n) is 2.34. The first-order valence-electron chi connectivity index (χ1n) is 6.07. The molecule has 0 radical (unpaired) electrons. The van der Waals surface area contributed by atoms with Crippen molar-refractivity contribution in [3.63, 3.8) is 0 Å². The number of piperazine rings is 1. The molecule has 0 amide bonds. The molecule has 2 unspecified atom stereocenters. The zero-order chi connectivity index (χ0) is 13.5. The second-order valence-corrected chi connectivity index (χ2v) is 6.91. The highest BCUT2D eigenvalue weighted by atomic mass is 32.2. The fourth-order valence-corrected chi connectivity index (χ4v) is 4.15. The fraction of sp³-hybridized carbons (Fsp3) is 0.727. The van der Waals surface area contributed by atoms with Gasteiger partial charge in [-0.05, 0) is 20.8 Å². The summed E-state index contributed by atoms with van der Waals surface area (Å²) in [5.74, 6) is 0. The molecule has 1 aliphatic heterocycles. The van der Waals surface area contributed by atoms with Gasteiger partial charge in [-0.2, -0.15) is 9.40 Å². The Morgan fingerprint density at radius 1 is 1.33 bits per heavy atom. The van der Waals surface area contributed by atoms with Crippen LogP contribution >= 0.6 is 0 Å². The first kappa shape index (κ1) is 13.5. The van der Waals surface area contributed by atoms with Crippen LogP contribution in [-0.2, 0) is 17.1 Å². The minimum absolute atomic E-state index is 0.167. The van der Waals surface area contributed by atoms with E-state index in [2.05, 4.69) is 10.4 Å². The third-order valence-electron chi connectivity index (χ3n) is 3.33. The highest BCUT2D eigenvalue weighted by molar-refractivity contribution is 7.89. The highest BCUT2D eigenvalue weighted by Crippen LogP contribution is 2.21. The van der Waals surface area contributed by atoms with E-state index in [4.69, 9.17) is 0 Å². The van der Waals surface area contributed by atoms with E-state index in [1.165, 1.54) is 6.20 Å². The highest BCUT2D eigenvalue weighted by Gasteiger charge is 2.33. The molecular formula is C11H20N4O2S. The van der Waals surface area contributed by atoms with Gasteiger partial charge >= 0.3 is 0 Å². The minimum Gasteiger partial charge on any atom is -0.309 e. The van der Waals surface area contributed by atoms with Crippen LogP contribution in [0.5, 0.6) is 0 Å². The molecule has 1 aliphatic rings. The van der Waals surface area contributed by atoms with Crippen molar-refractivity contribution in [2.75, 3.05) is 13.1 Å². The van der Waals surface area contributed by atoms with Crippen molar-refractivity contribution in [1.29, 1.82) is 0 Å². The van der Waals surface area contributed by atoms with Gasteiger partial charge in [-0.15, -0.1) is 0 Å². The number of aryl methyl sites for hydroxylation is 1. The van der Waals surface area contributed by atoms with Crippen molar-refractivity contribution in [1.82, 2.24) is 19.4 Å². The van der Waals surface area contributed by atoms with Gasteiger partial charge in [0.05, 0.1) is 11.9 Å². The topological polar surface area (TPSA) is 67.2 Å². The molecule has 1 saturated heterocycles. The van der Waals surface area contributed by atoms with Crippen LogP contribution in [0.2, 0.25) is 0 Å². The van der Waals surface area contributed by atoms with E-state index in [1.807, 2.05) is 13.8 Å². The van der Waals surface area contributed by atoms with Crippen LogP contribution in [0.1, 0.15) is 19.5 Å². The van der Waals surface area contributed by atoms with Crippen molar-refractivity contribution in [3.05, 3.63) is 11.9 Å². The quantitative estimate of drug-likeness (QED) is 0.829. The Hall–Kier alpha value is -0.920. The maximum atomic E-state index is 12.6. The first-order valence-corrected chi connectivity index (χ1v) is 7.51. The van der Waals surface area contributed by atoms with E-state index in [0.717, 1.165) is 0 Å². The Morgan fingerprint density at radius 2 is 1.89 bits per heavy atom. The van der Waals surface area contributed by atoms with E-state index in [-0.39, 0.29) is 12.1 Å². The number of hydrogen-bond donors (Lipinski definition) is 1. The predicted octanol–water partition coefficient (Wildman–Crippen LogP) is 0.0994. The summed E-state index contributed by atoms with van der Waals surface area (Å²) >= 11 is 0. The summed E-state index contributed by atoms with van der Waals surface area (Å²) in [5.41, 5.74) is 0.675. The summed E-state index contributed by atoms with van der Waals surface area (Å²) in [6.07, 6.45) is 1.43. The summed E-state index contributed by atoms with van der Waals surface area (Å²) in [6.45, 7) is 6.76. The minimum atomic E-state index is -3.43. The SMILES string of the molecule is Cc1c(S(=O)(=O)N2CC(C)NC(C)C2)cnn1C. The lowest BCUT2D eigenvalue weighted by Crippen LogP contribution is -2.55. The van der Waals surface area contributed by atoms with Gasteiger partial charge in [0, 0.05) is 32.2 Å². The average Bonchev–Trinajstić information content (AvgIpc) is 2.58. The lowest BCUT2D eigenvalue weighted by Gasteiger charge is -2.35. The van der Waals surface area contributed by atoms with Crippen molar-refractivity contribution >= 4 is 10.0 Å². The molecule has 0 aromatic carbocycles. The molecule has 0 saturated carbocycles. The normalized spacial score (nSPS) is 26.4. The maximum Gasteiger partial charge on any atom is 0.246 e. The molecule has 102 valence electrons. The zero-order valence-electron chi connectivity index (χ0n) is 11.2. The van der Waals surface area contributed by atoms with Gasteiger partial charge in [0.15, 0.2) is 0 Å². The van der Waals surface area contributed by atoms with Gasteiger partial charge in [0.25, 0.3) is 0 Å². The van der Waals surface area contributed by atoms with Gasteiger partial charge in [-0.1, -0.05) is 0 Å². The molecule has 1 aromatic heterocycles. The number of rotatable bonds is 2. The largest absolute Gasteiger partial charge is 0.309 e. The van der Waals surface area contributed by atoms with Gasteiger partial charge < -0.3 is 5.32 Å². The second kappa shape index (κ2) is 4.64. The second-order valence-electron chi connectivity index (χ2n) is 5.01. The van der Waals surface area contributed by atoms with Gasteiger partial charge in [-0.25, -0.2) is 8.42 Å². The molecule has 6 nitrogen and oxygen atoms in total. The van der Waals surface area contributed by atoms with Crippen LogP contribution < -0.4 is 5.32 Å². The van der Waals surface area contributed by atoms with Crippen molar-refractivity contribution < 1.29 is 8.42 Å². The predicted molar refractivity (Wildman–Crippen MR) is 68.8 cm³/mol. The molecule has 0 spiro atoms. The van der Waals surface area contributed by atoms with E-state index in [0.29, 0.717) is 23.7 Å². The van der Waals surface area contributed by atoms with Gasteiger partial charge in [0.2, 0.25) is 10.0 Å². The number of nitrogens with one attached hydrogen (secondary N) is 1. The molecule has 1 fully saturated rings. The average molecular weight is 272 g/mol. The summed E-state index contributed by atoms with van der Waals surface area (Å²) in [4.78, 5) is 0.311. The maximum absolute atomic E-state index is 12.6. The molecule has 0 bridgehead atoms. The Balaban J connectivity index is 2.34. The van der Waals surface area contributed by atoms with Gasteiger partial charge in [-0.3, -0.25) is 4.68 Å². The van der Waals surface area contributed by atoms with Crippen LogP contribution in [0, 0.1) is 6.92 Å². The van der Waals surface area contributed by atoms with E-state index >= 15 is 0 Å². The number of hydrogen-bond acceptors (Lipinski definition) is 4. The third kappa shape index (κ3) is 2.30. The molecule has 1 N–H and O–H groups in total. The summed E-state index contributed by atoms with van der Waals surface area (Å²) in [7, 11) is -1.68. The molecule has 18 heavy (non-hydrogen) atoms. The Morgan fingerprint density at radius 3 is 2.33 bits per heavy atom. The van der Waals surface area contributed by atoms with Crippen molar-refractivity contribution in [2.24, 2.45) is 7.05 Å². The number of nitrogens with zero attached hydrogens (tertiary/aromatic N) is 3. The Bertz CT molecular complexity index is 527. The molecule has 1 aromatic rings. The molecule has 7 heteroatoms. The van der Waals surface area contributed by atoms with Crippen LogP contribution in [0.25, 0.3) is 0 Å². The summed E-state index contributed by atoms with van der Waals surface area (Å²) < 4.78 is 28.2. The van der Waals surface area contributed by atoms with E-state index in [1.54, 1.807) is 23.0 Å². The standard InChI is InChI=1S/C11H20N4O2S/c1-8-6-15(7-9(2)13-8)18(16,17)11-5-12-14(4)10(11)3/h5,8-9,13H,6-7H2,1-4H3. The lowest BCUT2D eigenvalue weighted by atomic mass is 10.2. The van der Waals surface area contributed by atoms with Crippen molar-refractivity contribution in [3.8, 4) is 0 Å². The third-order valence-corrected chi connectivity index (χ3v) is 5.27. The van der Waals surface area contributed by atoms with E-state index < -0.39 is 10.0 Å². The smallest absolute Gasteiger partial charge is 0.246 e. The monoisotopic (exact) mass is 272 g/mol. The molecule has 0 aliphatic carbocycles. The van der Waals surface area contributed by atoms with Crippen LogP contribution in [0.15, 0.2) is 11.1 Å². The van der Waals surface area contributed by atoms with Crippen LogP contribution in [0.3, 0.4) is 0 Å². The molecule has 2 rings (SSSR count). The Kier molecular flexibility index (Phi) is 3.48. The molecular weight excluding hydrogens is 252 g/mol. The molecule has 2 heterocycles. The van der Waals surface area contributed by atoms with Gasteiger partial charge in [0.1, 0.15) is 4.90 Å². The Labute approximate surface area is 108 Å². The summed E-state index contributed by atoms with van der Waals surface area (Å²) in [5, 5.41) is 7.34. The molecule has 2 atom stereocenters.